The van der Waals surface area contributed by atoms with Gasteiger partial charge < -0.3 is 14.6 Å². The number of pyridine rings is 1. The maximum Gasteiger partial charge on any atom is 0.259 e. The van der Waals surface area contributed by atoms with Crippen LogP contribution in [0.25, 0.3) is 22.4 Å². The van der Waals surface area contributed by atoms with Crippen molar-refractivity contribution in [3.8, 4) is 11.3 Å². The maximum absolute atomic E-state index is 12.8. The number of carbonyl (C=O) groups is 1. The number of carbonyl (C=O) groups excluding carboxylic acids is 1. The number of aromatic nitrogens is 2. The maximum atomic E-state index is 12.8. The molecule has 1 unspecified atom stereocenters. The van der Waals surface area contributed by atoms with Gasteiger partial charge in [0.2, 0.25) is 0 Å². The SMILES string of the molecule is COCC(C)NC(=O)c1cc(-c2ccc(C)cc2)nc2onc(C)c12. The highest BCUT2D eigenvalue weighted by Crippen LogP contribution is 2.27. The summed E-state index contributed by atoms with van der Waals surface area (Å²) in [5, 5.41) is 7.53. The van der Waals surface area contributed by atoms with E-state index in [9.17, 15) is 4.79 Å². The monoisotopic (exact) mass is 339 g/mol. The molecule has 1 N–H and O–H groups in total. The Labute approximate surface area is 146 Å². The Morgan fingerprint density at radius 3 is 2.68 bits per heavy atom. The van der Waals surface area contributed by atoms with Gasteiger partial charge in [-0.3, -0.25) is 4.79 Å². The van der Waals surface area contributed by atoms with Crippen LogP contribution in [0.1, 0.15) is 28.5 Å². The van der Waals surface area contributed by atoms with Crippen molar-refractivity contribution in [1.29, 1.82) is 0 Å². The first-order valence-electron chi connectivity index (χ1n) is 8.13. The molecule has 6 nitrogen and oxygen atoms in total. The van der Waals surface area contributed by atoms with E-state index in [-0.39, 0.29) is 11.9 Å². The average molecular weight is 339 g/mol. The van der Waals surface area contributed by atoms with Crippen LogP contribution < -0.4 is 5.32 Å². The van der Waals surface area contributed by atoms with E-state index in [0.717, 1.165) is 11.1 Å². The van der Waals surface area contributed by atoms with Crippen molar-refractivity contribution in [2.45, 2.75) is 26.8 Å². The second-order valence-electron chi connectivity index (χ2n) is 6.20. The summed E-state index contributed by atoms with van der Waals surface area (Å²) < 4.78 is 10.4. The van der Waals surface area contributed by atoms with Gasteiger partial charge in [-0.2, -0.15) is 0 Å². The van der Waals surface area contributed by atoms with E-state index in [0.29, 0.717) is 34.7 Å². The molecule has 0 fully saturated rings. The third-order valence-electron chi connectivity index (χ3n) is 4.00. The molecule has 0 radical (unpaired) electrons. The van der Waals surface area contributed by atoms with Gasteiger partial charge in [0, 0.05) is 18.7 Å². The van der Waals surface area contributed by atoms with Gasteiger partial charge in [-0.15, -0.1) is 0 Å². The predicted octanol–water partition coefficient (Wildman–Crippen LogP) is 3.27. The zero-order chi connectivity index (χ0) is 18.0. The Kier molecular flexibility index (Phi) is 4.81. The van der Waals surface area contributed by atoms with E-state index >= 15 is 0 Å². The average Bonchev–Trinajstić information content (AvgIpc) is 2.96. The zero-order valence-electron chi connectivity index (χ0n) is 14.8. The highest BCUT2D eigenvalue weighted by atomic mass is 16.5. The normalized spacial score (nSPS) is 12.3. The van der Waals surface area contributed by atoms with Crippen LogP contribution in [0.5, 0.6) is 0 Å². The summed E-state index contributed by atoms with van der Waals surface area (Å²) in [6, 6.07) is 9.64. The molecule has 130 valence electrons. The molecular formula is C19H21N3O3. The lowest BCUT2D eigenvalue weighted by atomic mass is 10.0. The number of aryl methyl sites for hydroxylation is 2. The first kappa shape index (κ1) is 17.1. The molecule has 3 aromatic rings. The molecule has 1 aromatic carbocycles. The van der Waals surface area contributed by atoms with E-state index in [2.05, 4.69) is 15.5 Å². The van der Waals surface area contributed by atoms with Gasteiger partial charge in [0.15, 0.2) is 0 Å². The Hall–Kier alpha value is -2.73. The van der Waals surface area contributed by atoms with Crippen LogP contribution in [0.15, 0.2) is 34.9 Å². The summed E-state index contributed by atoms with van der Waals surface area (Å²) in [7, 11) is 1.60. The lowest BCUT2D eigenvalue weighted by Gasteiger charge is -2.13. The lowest BCUT2D eigenvalue weighted by Crippen LogP contribution is -2.35. The van der Waals surface area contributed by atoms with E-state index in [1.54, 1.807) is 20.1 Å². The molecule has 25 heavy (non-hydrogen) atoms. The molecule has 2 heterocycles. The summed E-state index contributed by atoms with van der Waals surface area (Å²) in [5.74, 6) is -0.198. The van der Waals surface area contributed by atoms with Crippen molar-refractivity contribution < 1.29 is 14.1 Å². The molecule has 1 atom stereocenters. The van der Waals surface area contributed by atoms with Gasteiger partial charge in [-0.1, -0.05) is 35.0 Å². The number of nitrogens with zero attached hydrogens (tertiary/aromatic N) is 2. The molecule has 0 saturated carbocycles. The van der Waals surface area contributed by atoms with Crippen LogP contribution >= 0.6 is 0 Å². The molecule has 3 rings (SSSR count). The van der Waals surface area contributed by atoms with Crippen LogP contribution in [0.2, 0.25) is 0 Å². The van der Waals surface area contributed by atoms with Crippen LogP contribution in [0.3, 0.4) is 0 Å². The van der Waals surface area contributed by atoms with Crippen LogP contribution in [-0.2, 0) is 4.74 Å². The van der Waals surface area contributed by atoms with Gasteiger partial charge in [0.1, 0.15) is 0 Å². The fraction of sp³-hybridized carbons (Fsp3) is 0.316. The van der Waals surface area contributed by atoms with Crippen LogP contribution in [-0.4, -0.2) is 35.8 Å². The third kappa shape index (κ3) is 3.53. The van der Waals surface area contributed by atoms with E-state index < -0.39 is 0 Å². The Morgan fingerprint density at radius 1 is 1.28 bits per heavy atom. The standard InChI is InChI=1S/C19H21N3O3/c1-11-5-7-14(8-6-11)16-9-15(18(23)20-12(2)10-24-4)17-13(3)22-25-19(17)21-16/h5-9,12H,10H2,1-4H3,(H,20,23). The van der Waals surface area contributed by atoms with E-state index in [4.69, 9.17) is 9.26 Å². The van der Waals surface area contributed by atoms with Crippen molar-refractivity contribution in [2.24, 2.45) is 0 Å². The van der Waals surface area contributed by atoms with Gasteiger partial charge in [-0.05, 0) is 26.8 Å². The molecule has 0 spiro atoms. The first-order chi connectivity index (χ1) is 12.0. The molecule has 0 aliphatic rings. The van der Waals surface area contributed by atoms with Gasteiger partial charge in [-0.25, -0.2) is 4.98 Å². The second-order valence-corrected chi connectivity index (χ2v) is 6.20. The molecular weight excluding hydrogens is 318 g/mol. The van der Waals surface area contributed by atoms with Gasteiger partial charge >= 0.3 is 0 Å². The summed E-state index contributed by atoms with van der Waals surface area (Å²) in [6.45, 7) is 6.15. The summed E-state index contributed by atoms with van der Waals surface area (Å²) in [4.78, 5) is 17.3. The zero-order valence-corrected chi connectivity index (χ0v) is 14.8. The van der Waals surface area contributed by atoms with Crippen molar-refractivity contribution >= 4 is 17.0 Å². The summed E-state index contributed by atoms with van der Waals surface area (Å²) >= 11 is 0. The molecule has 1 amide bonds. The van der Waals surface area contributed by atoms with E-state index in [1.807, 2.05) is 38.1 Å². The molecule has 0 aliphatic heterocycles. The molecule has 6 heteroatoms. The number of fused-ring (bicyclic) bond motifs is 1. The predicted molar refractivity (Wildman–Crippen MR) is 95.5 cm³/mol. The fourth-order valence-electron chi connectivity index (χ4n) is 2.74. The Morgan fingerprint density at radius 2 is 2.00 bits per heavy atom. The Bertz CT molecular complexity index is 900. The minimum Gasteiger partial charge on any atom is -0.383 e. The number of amides is 1. The number of methoxy groups -OCH3 is 1. The number of hydrogen-bond donors (Lipinski definition) is 1. The number of benzene rings is 1. The number of hydrogen-bond acceptors (Lipinski definition) is 5. The quantitative estimate of drug-likeness (QED) is 0.772. The first-order valence-corrected chi connectivity index (χ1v) is 8.13. The number of rotatable bonds is 5. The highest BCUT2D eigenvalue weighted by molar-refractivity contribution is 6.07. The van der Waals surface area contributed by atoms with Gasteiger partial charge in [0.05, 0.1) is 28.9 Å². The molecule has 0 bridgehead atoms. The van der Waals surface area contributed by atoms with Crippen LogP contribution in [0, 0.1) is 13.8 Å². The lowest BCUT2D eigenvalue weighted by molar-refractivity contribution is 0.0907. The van der Waals surface area contributed by atoms with Crippen LogP contribution in [0.4, 0.5) is 0 Å². The summed E-state index contributed by atoms with van der Waals surface area (Å²) in [6.07, 6.45) is 0. The largest absolute Gasteiger partial charge is 0.383 e. The highest BCUT2D eigenvalue weighted by Gasteiger charge is 2.20. The fourth-order valence-corrected chi connectivity index (χ4v) is 2.74. The third-order valence-corrected chi connectivity index (χ3v) is 4.00. The topological polar surface area (TPSA) is 77.2 Å². The molecule has 2 aromatic heterocycles. The molecule has 0 saturated heterocycles. The van der Waals surface area contributed by atoms with Gasteiger partial charge in [0.25, 0.3) is 11.6 Å². The number of nitrogens with one attached hydrogen (secondary N) is 1. The minimum absolute atomic E-state index is 0.108. The Balaban J connectivity index is 2.07. The van der Waals surface area contributed by atoms with Crippen molar-refractivity contribution in [3.63, 3.8) is 0 Å². The second kappa shape index (κ2) is 7.03. The van der Waals surface area contributed by atoms with Crippen molar-refractivity contribution in [2.75, 3.05) is 13.7 Å². The summed E-state index contributed by atoms with van der Waals surface area (Å²) in [5.41, 5.74) is 4.25. The smallest absolute Gasteiger partial charge is 0.259 e. The number of ether oxygens (including phenoxy) is 1. The van der Waals surface area contributed by atoms with E-state index in [1.165, 1.54) is 0 Å². The minimum atomic E-state index is -0.198. The van der Waals surface area contributed by atoms with Crippen molar-refractivity contribution in [3.05, 3.63) is 47.2 Å². The molecule has 0 aliphatic carbocycles. The van der Waals surface area contributed by atoms with Crippen molar-refractivity contribution in [1.82, 2.24) is 15.5 Å².